The van der Waals surface area contributed by atoms with Crippen LogP contribution in [0.2, 0.25) is 0 Å². The lowest BCUT2D eigenvalue weighted by molar-refractivity contribution is 0.0588. The summed E-state index contributed by atoms with van der Waals surface area (Å²) in [6.07, 6.45) is 5.61. The van der Waals surface area contributed by atoms with E-state index in [-0.39, 0.29) is 0 Å². The van der Waals surface area contributed by atoms with Crippen molar-refractivity contribution in [2.24, 2.45) is 5.92 Å². The van der Waals surface area contributed by atoms with E-state index in [1.807, 2.05) is 7.11 Å². The van der Waals surface area contributed by atoms with Crippen LogP contribution in [0.5, 0.6) is 0 Å². The molecule has 0 aliphatic carbocycles. The van der Waals surface area contributed by atoms with Crippen LogP contribution in [0, 0.1) is 5.92 Å². The molecule has 0 bridgehead atoms. The van der Waals surface area contributed by atoms with Crippen LogP contribution in [0.15, 0.2) is 0 Å². The van der Waals surface area contributed by atoms with E-state index >= 15 is 0 Å². The zero-order valence-electron chi connectivity index (χ0n) is 8.39. The van der Waals surface area contributed by atoms with Gasteiger partial charge in [0.2, 0.25) is 0 Å². The molecule has 0 aromatic rings. The third kappa shape index (κ3) is 4.41. The molecule has 0 rings (SSSR count). The van der Waals surface area contributed by atoms with Crippen molar-refractivity contribution in [2.45, 2.75) is 52.6 Å². The molecule has 0 aliphatic heterocycles. The highest BCUT2D eigenvalue weighted by Crippen LogP contribution is 2.19. The average Bonchev–Trinajstić information content (AvgIpc) is 2.03. The molecule has 0 saturated carbocycles. The predicted octanol–water partition coefficient (Wildman–Crippen LogP) is 3.24. The summed E-state index contributed by atoms with van der Waals surface area (Å²) in [5.41, 5.74) is 0. The maximum absolute atomic E-state index is 5.32. The second kappa shape index (κ2) is 6.66. The first-order valence-corrected chi connectivity index (χ1v) is 4.79. The van der Waals surface area contributed by atoms with E-state index in [0.717, 1.165) is 5.92 Å². The van der Waals surface area contributed by atoms with E-state index in [9.17, 15) is 0 Å². The fourth-order valence-corrected chi connectivity index (χ4v) is 1.55. The third-order valence-electron chi connectivity index (χ3n) is 2.35. The fraction of sp³-hybridized carbons (Fsp3) is 1.00. The van der Waals surface area contributed by atoms with E-state index < -0.39 is 0 Å². The summed E-state index contributed by atoms with van der Waals surface area (Å²) >= 11 is 0. The Hall–Kier alpha value is -0.0400. The lowest BCUT2D eigenvalue weighted by atomic mass is 9.93. The first-order valence-electron chi connectivity index (χ1n) is 4.79. The molecule has 1 nitrogen and oxygen atoms in total. The Morgan fingerprint density at radius 2 is 1.55 bits per heavy atom. The molecule has 0 amide bonds. The van der Waals surface area contributed by atoms with E-state index in [4.69, 9.17) is 4.74 Å². The third-order valence-corrected chi connectivity index (χ3v) is 2.35. The van der Waals surface area contributed by atoms with Crippen molar-refractivity contribution < 1.29 is 4.74 Å². The molecule has 0 aliphatic rings. The van der Waals surface area contributed by atoms with Gasteiger partial charge in [-0.3, -0.25) is 0 Å². The molecule has 0 radical (unpaired) electrons. The largest absolute Gasteiger partial charge is 0.381 e. The van der Waals surface area contributed by atoms with Crippen LogP contribution in [0.25, 0.3) is 0 Å². The zero-order chi connectivity index (χ0) is 8.69. The molecule has 11 heavy (non-hydrogen) atoms. The highest BCUT2D eigenvalue weighted by atomic mass is 16.5. The minimum absolute atomic E-state index is 0.440. The number of ether oxygens (including phenoxy) is 1. The van der Waals surface area contributed by atoms with Crippen molar-refractivity contribution in [1.29, 1.82) is 0 Å². The van der Waals surface area contributed by atoms with E-state index in [0.29, 0.717) is 6.10 Å². The summed E-state index contributed by atoms with van der Waals surface area (Å²) in [6, 6.07) is 0. The van der Waals surface area contributed by atoms with Gasteiger partial charge in [-0.05, 0) is 25.7 Å². The summed E-state index contributed by atoms with van der Waals surface area (Å²) in [6.45, 7) is 6.66. The first kappa shape index (κ1) is 11.0. The van der Waals surface area contributed by atoms with Crippen LogP contribution in [0.3, 0.4) is 0 Å². The van der Waals surface area contributed by atoms with Gasteiger partial charge in [-0.25, -0.2) is 0 Å². The Morgan fingerprint density at radius 3 is 1.82 bits per heavy atom. The van der Waals surface area contributed by atoms with Gasteiger partial charge in [0.1, 0.15) is 0 Å². The van der Waals surface area contributed by atoms with Gasteiger partial charge in [0.25, 0.3) is 0 Å². The van der Waals surface area contributed by atoms with Crippen LogP contribution >= 0.6 is 0 Å². The standard InChI is InChI=1S/C10H22O/c1-5-7-10(8-6-2)9(3)11-4/h9-10H,5-8H2,1-4H3. The Labute approximate surface area is 71.1 Å². The van der Waals surface area contributed by atoms with Gasteiger partial charge in [-0.1, -0.05) is 26.7 Å². The van der Waals surface area contributed by atoms with Crippen molar-refractivity contribution in [3.63, 3.8) is 0 Å². The molecule has 68 valence electrons. The average molecular weight is 158 g/mol. The number of rotatable bonds is 6. The summed E-state index contributed by atoms with van der Waals surface area (Å²) in [5, 5.41) is 0. The number of hydrogen-bond donors (Lipinski definition) is 0. The second-order valence-electron chi connectivity index (χ2n) is 3.28. The van der Waals surface area contributed by atoms with Gasteiger partial charge < -0.3 is 4.74 Å². The predicted molar refractivity (Wildman–Crippen MR) is 49.8 cm³/mol. The van der Waals surface area contributed by atoms with Gasteiger partial charge in [0.15, 0.2) is 0 Å². The molecule has 0 N–H and O–H groups in total. The molecule has 1 heteroatoms. The topological polar surface area (TPSA) is 9.23 Å². The lowest BCUT2D eigenvalue weighted by Crippen LogP contribution is -2.18. The molecule has 1 unspecified atom stereocenters. The molecule has 0 heterocycles. The molecule has 0 aromatic carbocycles. The van der Waals surface area contributed by atoms with Crippen molar-refractivity contribution >= 4 is 0 Å². The summed E-state index contributed by atoms with van der Waals surface area (Å²) in [5.74, 6) is 0.773. The zero-order valence-corrected chi connectivity index (χ0v) is 8.39. The molecular formula is C10H22O. The summed E-state index contributed by atoms with van der Waals surface area (Å²) < 4.78 is 5.32. The van der Waals surface area contributed by atoms with Crippen molar-refractivity contribution in [3.8, 4) is 0 Å². The Kier molecular flexibility index (Phi) is 6.63. The van der Waals surface area contributed by atoms with Crippen molar-refractivity contribution in [3.05, 3.63) is 0 Å². The maximum atomic E-state index is 5.32. The highest BCUT2D eigenvalue weighted by molar-refractivity contribution is 4.64. The Bertz CT molecular complexity index is 74.9. The number of hydrogen-bond acceptors (Lipinski definition) is 1. The van der Waals surface area contributed by atoms with E-state index in [1.54, 1.807) is 0 Å². The van der Waals surface area contributed by atoms with Crippen LogP contribution in [0.4, 0.5) is 0 Å². The van der Waals surface area contributed by atoms with Crippen LogP contribution in [-0.2, 0) is 4.74 Å². The van der Waals surface area contributed by atoms with Gasteiger partial charge >= 0.3 is 0 Å². The minimum atomic E-state index is 0.440. The Morgan fingerprint density at radius 1 is 1.09 bits per heavy atom. The van der Waals surface area contributed by atoms with Gasteiger partial charge in [-0.15, -0.1) is 0 Å². The summed E-state index contributed by atoms with van der Waals surface area (Å²) in [7, 11) is 1.81. The monoisotopic (exact) mass is 158 g/mol. The van der Waals surface area contributed by atoms with Crippen LogP contribution < -0.4 is 0 Å². The lowest BCUT2D eigenvalue weighted by Gasteiger charge is -2.21. The second-order valence-corrected chi connectivity index (χ2v) is 3.28. The van der Waals surface area contributed by atoms with Gasteiger partial charge in [0.05, 0.1) is 6.10 Å². The molecule has 0 fully saturated rings. The maximum Gasteiger partial charge on any atom is 0.0571 e. The minimum Gasteiger partial charge on any atom is -0.381 e. The van der Waals surface area contributed by atoms with E-state index in [2.05, 4.69) is 20.8 Å². The van der Waals surface area contributed by atoms with Crippen LogP contribution in [-0.4, -0.2) is 13.2 Å². The Balaban J connectivity index is 3.66. The SMILES string of the molecule is CCCC(CCC)C(C)OC. The van der Waals surface area contributed by atoms with Crippen LogP contribution in [0.1, 0.15) is 46.5 Å². The first-order chi connectivity index (χ1) is 5.26. The molecular weight excluding hydrogens is 136 g/mol. The quantitative estimate of drug-likeness (QED) is 0.576. The van der Waals surface area contributed by atoms with Crippen molar-refractivity contribution in [1.82, 2.24) is 0 Å². The fourth-order valence-electron chi connectivity index (χ4n) is 1.55. The molecule has 0 saturated heterocycles. The van der Waals surface area contributed by atoms with Gasteiger partial charge in [-0.2, -0.15) is 0 Å². The highest BCUT2D eigenvalue weighted by Gasteiger charge is 2.13. The smallest absolute Gasteiger partial charge is 0.0571 e. The number of methoxy groups -OCH3 is 1. The van der Waals surface area contributed by atoms with E-state index in [1.165, 1.54) is 25.7 Å². The normalized spacial score (nSPS) is 13.9. The molecule has 1 atom stereocenters. The van der Waals surface area contributed by atoms with Gasteiger partial charge in [0, 0.05) is 7.11 Å². The van der Waals surface area contributed by atoms with Crippen molar-refractivity contribution in [2.75, 3.05) is 7.11 Å². The molecule has 0 aromatic heterocycles. The summed E-state index contributed by atoms with van der Waals surface area (Å²) in [4.78, 5) is 0. The molecule has 0 spiro atoms.